The minimum atomic E-state index is 0.140. The lowest BCUT2D eigenvalue weighted by Crippen LogP contribution is -2.41. The summed E-state index contributed by atoms with van der Waals surface area (Å²) in [4.78, 5) is 30.8. The summed E-state index contributed by atoms with van der Waals surface area (Å²) < 4.78 is 6.04. The van der Waals surface area contributed by atoms with Gasteiger partial charge in [-0.1, -0.05) is 13.0 Å². The molecule has 1 aliphatic carbocycles. The molecular weight excluding hydrogens is 470 g/mol. The second-order valence-electron chi connectivity index (χ2n) is 10.0. The molecule has 2 aromatic rings. The minimum Gasteiger partial charge on any atom is -0.477 e. The highest BCUT2D eigenvalue weighted by Crippen LogP contribution is 2.32. The Balaban J connectivity index is 1.06. The summed E-state index contributed by atoms with van der Waals surface area (Å²) in [6, 6.07) is 4.09. The zero-order chi connectivity index (χ0) is 24.7. The maximum atomic E-state index is 12.8. The number of hydrogen-bond acceptors (Lipinski definition) is 7. The van der Waals surface area contributed by atoms with Crippen molar-refractivity contribution in [3.63, 3.8) is 0 Å². The van der Waals surface area contributed by atoms with Gasteiger partial charge in [0.15, 0.2) is 0 Å². The van der Waals surface area contributed by atoms with E-state index in [1.165, 1.54) is 11.1 Å². The quantitative estimate of drug-likeness (QED) is 0.547. The first kappa shape index (κ1) is 25.1. The van der Waals surface area contributed by atoms with Gasteiger partial charge in [0.25, 0.3) is 0 Å². The third-order valence-electron chi connectivity index (χ3n) is 7.65. The van der Waals surface area contributed by atoms with E-state index in [0.29, 0.717) is 24.3 Å². The first-order valence-corrected chi connectivity index (χ1v) is 14.6. The normalized spacial score (nSPS) is 21.2. The Morgan fingerprint density at radius 1 is 1.03 bits per heavy atom. The van der Waals surface area contributed by atoms with Crippen LogP contribution in [0.5, 0.6) is 5.88 Å². The summed E-state index contributed by atoms with van der Waals surface area (Å²) in [7, 11) is 0. The van der Waals surface area contributed by atoms with Crippen LogP contribution < -0.4 is 9.64 Å². The molecule has 2 aromatic heterocycles. The van der Waals surface area contributed by atoms with Gasteiger partial charge in [-0.05, 0) is 67.2 Å². The molecule has 3 aliphatic rings. The monoisotopic (exact) mass is 507 g/mol. The zero-order valence-electron chi connectivity index (χ0n) is 21.3. The van der Waals surface area contributed by atoms with E-state index in [-0.39, 0.29) is 5.92 Å². The second-order valence-corrected chi connectivity index (χ2v) is 11.2. The highest BCUT2D eigenvalue weighted by molar-refractivity contribution is 7.99. The van der Waals surface area contributed by atoms with Crippen molar-refractivity contribution in [3.05, 3.63) is 47.9 Å². The van der Waals surface area contributed by atoms with Crippen LogP contribution in [0, 0.1) is 11.8 Å². The maximum absolute atomic E-state index is 12.8. The Hall–Kier alpha value is -2.61. The number of nitrogens with zero attached hydrogens (tertiary/aromatic N) is 5. The SMILES string of the molecule is CCc1cnc(N2CCC(COc3ccc(C4=CCC(C(=O)N5CCSCC5)CC4)cn3)CC2)nc1. The van der Waals surface area contributed by atoms with Crippen molar-refractivity contribution in [3.8, 4) is 5.88 Å². The number of ether oxygens (including phenoxy) is 1. The summed E-state index contributed by atoms with van der Waals surface area (Å²) >= 11 is 1.94. The summed E-state index contributed by atoms with van der Waals surface area (Å²) in [5.74, 6) is 4.67. The van der Waals surface area contributed by atoms with Crippen LogP contribution in [0.1, 0.15) is 50.2 Å². The van der Waals surface area contributed by atoms with Crippen LogP contribution in [0.3, 0.4) is 0 Å². The van der Waals surface area contributed by atoms with Gasteiger partial charge < -0.3 is 14.5 Å². The Bertz CT molecular complexity index is 1030. The lowest BCUT2D eigenvalue weighted by molar-refractivity contribution is -0.135. The molecule has 192 valence electrons. The zero-order valence-corrected chi connectivity index (χ0v) is 22.1. The van der Waals surface area contributed by atoms with Crippen molar-refractivity contribution in [2.45, 2.75) is 45.4 Å². The molecule has 0 saturated carbocycles. The molecule has 2 saturated heterocycles. The number of aryl methyl sites for hydroxylation is 1. The molecule has 5 rings (SSSR count). The average Bonchev–Trinajstić information content (AvgIpc) is 2.97. The molecule has 7 nitrogen and oxygen atoms in total. The maximum Gasteiger partial charge on any atom is 0.226 e. The van der Waals surface area contributed by atoms with E-state index in [1.54, 1.807) is 0 Å². The van der Waals surface area contributed by atoms with Crippen molar-refractivity contribution in [1.29, 1.82) is 0 Å². The smallest absolute Gasteiger partial charge is 0.226 e. The Morgan fingerprint density at radius 2 is 1.81 bits per heavy atom. The van der Waals surface area contributed by atoms with Gasteiger partial charge in [-0.2, -0.15) is 11.8 Å². The van der Waals surface area contributed by atoms with Crippen LogP contribution in [0.15, 0.2) is 36.8 Å². The van der Waals surface area contributed by atoms with Gasteiger partial charge in [0.2, 0.25) is 17.7 Å². The Labute approximate surface area is 218 Å². The fraction of sp³-hybridized carbons (Fsp3) is 0.571. The third-order valence-corrected chi connectivity index (χ3v) is 8.60. The van der Waals surface area contributed by atoms with E-state index < -0.39 is 0 Å². The average molecular weight is 508 g/mol. The van der Waals surface area contributed by atoms with Crippen LogP contribution in [0.2, 0.25) is 0 Å². The van der Waals surface area contributed by atoms with Crippen LogP contribution in [-0.2, 0) is 11.2 Å². The standard InChI is InChI=1S/C28H37N5O2S/c1-2-21-17-30-28(31-18-21)33-11-9-22(10-12-33)20-35-26-8-7-25(19-29-26)23-3-5-24(6-4-23)27(34)32-13-15-36-16-14-32/h3,7-8,17-19,22,24H,2,4-6,9-16,20H2,1H3. The molecule has 0 spiro atoms. The molecule has 4 heterocycles. The first-order valence-electron chi connectivity index (χ1n) is 13.4. The topological polar surface area (TPSA) is 71.5 Å². The van der Waals surface area contributed by atoms with Gasteiger partial charge in [0, 0.05) is 68.3 Å². The predicted octanol–water partition coefficient (Wildman–Crippen LogP) is 4.49. The molecular formula is C28H37N5O2S. The molecule has 8 heteroatoms. The molecule has 2 aliphatic heterocycles. The van der Waals surface area contributed by atoms with Crippen molar-refractivity contribution in [1.82, 2.24) is 19.9 Å². The lowest BCUT2D eigenvalue weighted by atomic mass is 9.86. The number of hydrogen-bond donors (Lipinski definition) is 0. The van der Waals surface area contributed by atoms with E-state index in [9.17, 15) is 4.79 Å². The van der Waals surface area contributed by atoms with Crippen molar-refractivity contribution in [2.75, 3.05) is 49.2 Å². The van der Waals surface area contributed by atoms with E-state index in [1.807, 2.05) is 36.4 Å². The number of rotatable bonds is 7. The van der Waals surface area contributed by atoms with Gasteiger partial charge in [0.1, 0.15) is 0 Å². The number of aromatic nitrogens is 3. The van der Waals surface area contributed by atoms with Gasteiger partial charge in [0.05, 0.1) is 6.61 Å². The first-order chi connectivity index (χ1) is 17.7. The number of carbonyl (C=O) groups is 1. The number of carbonyl (C=O) groups excluding carboxylic acids is 1. The van der Waals surface area contributed by atoms with Crippen LogP contribution in [0.25, 0.3) is 5.57 Å². The highest BCUT2D eigenvalue weighted by atomic mass is 32.2. The molecule has 2 fully saturated rings. The number of thioether (sulfide) groups is 1. The molecule has 1 atom stereocenters. The molecule has 0 radical (unpaired) electrons. The van der Waals surface area contributed by atoms with Gasteiger partial charge in [-0.25, -0.2) is 15.0 Å². The molecule has 1 unspecified atom stereocenters. The van der Waals surface area contributed by atoms with Gasteiger partial charge in [-0.15, -0.1) is 0 Å². The summed E-state index contributed by atoms with van der Waals surface area (Å²) in [6.45, 7) is 6.54. The molecule has 36 heavy (non-hydrogen) atoms. The Kier molecular flexibility index (Phi) is 8.41. The second kappa shape index (κ2) is 12.1. The number of amides is 1. The van der Waals surface area contributed by atoms with Gasteiger partial charge >= 0.3 is 0 Å². The number of anilines is 1. The largest absolute Gasteiger partial charge is 0.477 e. The van der Waals surface area contributed by atoms with Gasteiger partial charge in [-0.3, -0.25) is 4.79 Å². The predicted molar refractivity (Wildman–Crippen MR) is 145 cm³/mol. The lowest BCUT2D eigenvalue weighted by Gasteiger charge is -2.31. The fourth-order valence-corrected chi connectivity index (χ4v) is 6.12. The molecule has 1 amide bonds. The number of pyridine rings is 1. The van der Waals surface area contributed by atoms with Crippen molar-refractivity contribution < 1.29 is 9.53 Å². The number of allylic oxidation sites excluding steroid dienone is 2. The fourth-order valence-electron chi connectivity index (χ4n) is 5.21. The third kappa shape index (κ3) is 6.20. The van der Waals surface area contributed by atoms with Crippen molar-refractivity contribution in [2.24, 2.45) is 11.8 Å². The minimum absolute atomic E-state index is 0.140. The van der Waals surface area contributed by atoms with Crippen molar-refractivity contribution >= 4 is 29.2 Å². The summed E-state index contributed by atoms with van der Waals surface area (Å²) in [5, 5.41) is 0. The highest BCUT2D eigenvalue weighted by Gasteiger charge is 2.27. The van der Waals surface area contributed by atoms with Crippen LogP contribution in [-0.4, -0.2) is 70.1 Å². The van der Waals surface area contributed by atoms with E-state index in [2.05, 4.69) is 43.8 Å². The van der Waals surface area contributed by atoms with E-state index in [4.69, 9.17) is 4.74 Å². The molecule has 0 N–H and O–H groups in total. The van der Waals surface area contributed by atoms with Crippen LogP contribution in [0.4, 0.5) is 5.95 Å². The Morgan fingerprint density at radius 3 is 2.44 bits per heavy atom. The summed E-state index contributed by atoms with van der Waals surface area (Å²) in [5.41, 5.74) is 3.62. The van der Waals surface area contributed by atoms with Crippen LogP contribution >= 0.6 is 11.8 Å². The van der Waals surface area contributed by atoms with E-state index in [0.717, 1.165) is 87.7 Å². The summed E-state index contributed by atoms with van der Waals surface area (Å²) in [6.07, 6.45) is 13.8. The number of piperidine rings is 1. The molecule has 0 bridgehead atoms. The molecule has 0 aromatic carbocycles. The van der Waals surface area contributed by atoms with E-state index >= 15 is 0 Å².